The third-order valence-corrected chi connectivity index (χ3v) is 4.35. The van der Waals surface area contributed by atoms with Crippen LogP contribution in [-0.4, -0.2) is 29.8 Å². The van der Waals surface area contributed by atoms with E-state index in [0.717, 1.165) is 5.56 Å². The Labute approximate surface area is 168 Å². The number of urea groups is 1. The summed E-state index contributed by atoms with van der Waals surface area (Å²) in [7, 11) is 4.98. The van der Waals surface area contributed by atoms with Crippen LogP contribution in [0.3, 0.4) is 0 Å². The number of nitrogens with zero attached hydrogens (tertiary/aromatic N) is 3. The Hall–Kier alpha value is -3.99. The predicted molar refractivity (Wildman–Crippen MR) is 108 cm³/mol. The van der Waals surface area contributed by atoms with Crippen LogP contribution in [0.4, 0.5) is 10.5 Å². The topological polar surface area (TPSA) is 101 Å². The summed E-state index contributed by atoms with van der Waals surface area (Å²) in [4.78, 5) is 17.1. The zero-order valence-electron chi connectivity index (χ0n) is 16.3. The van der Waals surface area contributed by atoms with Crippen molar-refractivity contribution in [1.82, 2.24) is 14.9 Å². The van der Waals surface area contributed by atoms with Gasteiger partial charge in [0.2, 0.25) is 0 Å². The molecule has 3 aromatic rings. The minimum atomic E-state index is -0.557. The van der Waals surface area contributed by atoms with E-state index in [4.69, 9.17) is 14.7 Å². The quantitative estimate of drug-likeness (QED) is 0.672. The molecule has 1 atom stereocenters. The molecule has 1 aromatic heterocycles. The standard InChI is InChI=1S/C21H21N5O3/c1-26-8-7-23-20(26)19(15-10-17(28-2)12-18(11-15)29-3)25-21(27)24-16-6-4-5-14(9-16)13-22/h4-12,19H,1-3H3,(H2,24,25,27). The minimum Gasteiger partial charge on any atom is -0.497 e. The highest BCUT2D eigenvalue weighted by molar-refractivity contribution is 5.90. The van der Waals surface area contributed by atoms with E-state index in [-0.39, 0.29) is 0 Å². The number of rotatable bonds is 6. The fourth-order valence-corrected chi connectivity index (χ4v) is 2.91. The van der Waals surface area contributed by atoms with Gasteiger partial charge >= 0.3 is 6.03 Å². The van der Waals surface area contributed by atoms with Crippen LogP contribution in [0.2, 0.25) is 0 Å². The summed E-state index contributed by atoms with van der Waals surface area (Å²) in [6.07, 6.45) is 3.46. The van der Waals surface area contributed by atoms with E-state index in [9.17, 15) is 4.79 Å². The molecule has 0 aliphatic rings. The van der Waals surface area contributed by atoms with Gasteiger partial charge in [0.25, 0.3) is 0 Å². The lowest BCUT2D eigenvalue weighted by Crippen LogP contribution is -2.34. The lowest BCUT2D eigenvalue weighted by atomic mass is 10.1. The molecule has 148 valence electrons. The number of hydrogen-bond acceptors (Lipinski definition) is 5. The number of nitriles is 1. The van der Waals surface area contributed by atoms with Crippen molar-refractivity contribution in [3.63, 3.8) is 0 Å². The van der Waals surface area contributed by atoms with Crippen molar-refractivity contribution < 1.29 is 14.3 Å². The number of hydrogen-bond donors (Lipinski definition) is 2. The molecule has 0 saturated heterocycles. The maximum absolute atomic E-state index is 12.7. The molecule has 0 aliphatic carbocycles. The molecule has 2 amide bonds. The first-order valence-electron chi connectivity index (χ1n) is 8.82. The van der Waals surface area contributed by atoms with Gasteiger partial charge in [0, 0.05) is 31.2 Å². The van der Waals surface area contributed by atoms with Crippen molar-refractivity contribution in [3.8, 4) is 17.6 Å². The van der Waals surface area contributed by atoms with E-state index in [1.54, 1.807) is 56.9 Å². The van der Waals surface area contributed by atoms with Gasteiger partial charge in [-0.3, -0.25) is 0 Å². The number of nitrogens with one attached hydrogen (secondary N) is 2. The Bertz CT molecular complexity index is 1030. The summed E-state index contributed by atoms with van der Waals surface area (Å²) in [5.74, 6) is 1.84. The summed E-state index contributed by atoms with van der Waals surface area (Å²) in [6, 6.07) is 13.1. The highest BCUT2D eigenvalue weighted by Crippen LogP contribution is 2.29. The Morgan fingerprint density at radius 3 is 2.48 bits per heavy atom. The lowest BCUT2D eigenvalue weighted by Gasteiger charge is -2.21. The molecule has 0 radical (unpaired) electrons. The number of aromatic nitrogens is 2. The highest BCUT2D eigenvalue weighted by atomic mass is 16.5. The van der Waals surface area contributed by atoms with Crippen molar-refractivity contribution in [3.05, 3.63) is 71.8 Å². The molecule has 2 N–H and O–H groups in total. The van der Waals surface area contributed by atoms with Crippen molar-refractivity contribution in [2.24, 2.45) is 7.05 Å². The van der Waals surface area contributed by atoms with Crippen LogP contribution in [0.1, 0.15) is 23.0 Å². The zero-order chi connectivity index (χ0) is 20.8. The number of benzene rings is 2. The second-order valence-corrected chi connectivity index (χ2v) is 6.27. The normalized spacial score (nSPS) is 11.2. The van der Waals surface area contributed by atoms with Gasteiger partial charge in [-0.25, -0.2) is 9.78 Å². The molecule has 2 aromatic carbocycles. The van der Waals surface area contributed by atoms with Crippen molar-refractivity contribution in [2.75, 3.05) is 19.5 Å². The Morgan fingerprint density at radius 2 is 1.90 bits per heavy atom. The number of ether oxygens (including phenoxy) is 2. The molecule has 1 unspecified atom stereocenters. The first-order valence-corrected chi connectivity index (χ1v) is 8.82. The van der Waals surface area contributed by atoms with E-state index in [2.05, 4.69) is 15.6 Å². The molecule has 1 heterocycles. The zero-order valence-corrected chi connectivity index (χ0v) is 16.3. The Kier molecular flexibility index (Phi) is 6.00. The van der Waals surface area contributed by atoms with Gasteiger partial charge in [-0.2, -0.15) is 5.26 Å². The number of imidazole rings is 1. The summed E-state index contributed by atoms with van der Waals surface area (Å²) >= 11 is 0. The van der Waals surface area contributed by atoms with Crippen molar-refractivity contribution >= 4 is 11.7 Å². The molecule has 8 heteroatoms. The molecular weight excluding hydrogens is 370 g/mol. The summed E-state index contributed by atoms with van der Waals surface area (Å²) in [5, 5.41) is 14.7. The number of carbonyl (C=O) groups is 1. The molecule has 3 rings (SSSR count). The molecule has 0 fully saturated rings. The third-order valence-electron chi connectivity index (χ3n) is 4.35. The fraction of sp³-hybridized carbons (Fsp3) is 0.190. The third kappa shape index (κ3) is 4.65. The second kappa shape index (κ2) is 8.80. The monoisotopic (exact) mass is 391 g/mol. The highest BCUT2D eigenvalue weighted by Gasteiger charge is 2.22. The molecule has 8 nitrogen and oxygen atoms in total. The average molecular weight is 391 g/mol. The average Bonchev–Trinajstić information content (AvgIpc) is 3.17. The molecule has 29 heavy (non-hydrogen) atoms. The van der Waals surface area contributed by atoms with E-state index >= 15 is 0 Å². The van der Waals surface area contributed by atoms with Gasteiger partial charge in [-0.1, -0.05) is 6.07 Å². The summed E-state index contributed by atoms with van der Waals surface area (Å²) < 4.78 is 12.5. The molecule has 0 saturated carbocycles. The maximum atomic E-state index is 12.7. The van der Waals surface area contributed by atoms with E-state index in [1.807, 2.05) is 29.8 Å². The molecule has 0 aliphatic heterocycles. The largest absolute Gasteiger partial charge is 0.497 e. The van der Waals surface area contributed by atoms with Crippen LogP contribution in [0.5, 0.6) is 11.5 Å². The van der Waals surface area contributed by atoms with Gasteiger partial charge in [0.1, 0.15) is 23.4 Å². The van der Waals surface area contributed by atoms with Gasteiger partial charge in [0.05, 0.1) is 25.9 Å². The maximum Gasteiger partial charge on any atom is 0.320 e. The smallest absolute Gasteiger partial charge is 0.320 e. The van der Waals surface area contributed by atoms with Crippen molar-refractivity contribution in [2.45, 2.75) is 6.04 Å². The van der Waals surface area contributed by atoms with Crippen molar-refractivity contribution in [1.29, 1.82) is 5.26 Å². The fourth-order valence-electron chi connectivity index (χ4n) is 2.91. The first-order chi connectivity index (χ1) is 14.0. The molecule has 0 spiro atoms. The van der Waals surface area contributed by atoms with Crippen LogP contribution >= 0.6 is 0 Å². The lowest BCUT2D eigenvalue weighted by molar-refractivity contribution is 0.249. The molecule has 0 bridgehead atoms. The van der Waals surface area contributed by atoms with E-state index in [0.29, 0.717) is 28.6 Å². The van der Waals surface area contributed by atoms with Gasteiger partial charge in [-0.05, 0) is 35.9 Å². The Balaban J connectivity index is 1.92. The predicted octanol–water partition coefficient (Wildman–Crippen LogP) is 3.22. The number of methoxy groups -OCH3 is 2. The van der Waals surface area contributed by atoms with Crippen LogP contribution in [0, 0.1) is 11.3 Å². The number of amides is 2. The van der Waals surface area contributed by atoms with E-state index < -0.39 is 12.1 Å². The van der Waals surface area contributed by atoms with Crippen LogP contribution in [0.15, 0.2) is 54.9 Å². The van der Waals surface area contributed by atoms with Crippen LogP contribution in [0.25, 0.3) is 0 Å². The summed E-state index contributed by atoms with van der Waals surface area (Å²) in [6.45, 7) is 0. The minimum absolute atomic E-state index is 0.435. The first kappa shape index (κ1) is 19.8. The van der Waals surface area contributed by atoms with Crippen LogP contribution < -0.4 is 20.1 Å². The number of aryl methyl sites for hydroxylation is 1. The van der Waals surface area contributed by atoms with Gasteiger partial charge in [-0.15, -0.1) is 0 Å². The SMILES string of the molecule is COc1cc(OC)cc(C(NC(=O)Nc2cccc(C#N)c2)c2nccn2C)c1. The van der Waals surface area contributed by atoms with Crippen LogP contribution in [-0.2, 0) is 7.05 Å². The van der Waals surface area contributed by atoms with E-state index in [1.165, 1.54) is 0 Å². The van der Waals surface area contributed by atoms with Gasteiger partial charge in [0.15, 0.2) is 0 Å². The molecular formula is C21H21N5O3. The number of carbonyl (C=O) groups excluding carboxylic acids is 1. The second-order valence-electron chi connectivity index (χ2n) is 6.27. The van der Waals surface area contributed by atoms with Gasteiger partial charge < -0.3 is 24.7 Å². The summed E-state index contributed by atoms with van der Waals surface area (Å²) in [5.41, 5.74) is 1.72. The number of anilines is 1. The Morgan fingerprint density at radius 1 is 1.17 bits per heavy atom.